The molecule has 128 valence electrons. The normalized spacial score (nSPS) is 11.3. The van der Waals surface area contributed by atoms with E-state index in [1.54, 1.807) is 23.9 Å². The second kappa shape index (κ2) is 6.93. The average molecular weight is 361 g/mol. The molecule has 0 spiro atoms. The number of thiazole rings is 1. The van der Waals surface area contributed by atoms with E-state index >= 15 is 0 Å². The Balaban J connectivity index is 1.76. The zero-order chi connectivity index (χ0) is 17.9. The van der Waals surface area contributed by atoms with Crippen molar-refractivity contribution in [1.82, 2.24) is 14.4 Å². The largest absolute Gasteiger partial charge is 0.497 e. The van der Waals surface area contributed by atoms with Gasteiger partial charge in [0.05, 0.1) is 18.5 Å². The first-order valence-electron chi connectivity index (χ1n) is 7.98. The highest BCUT2D eigenvalue weighted by Crippen LogP contribution is 2.27. The summed E-state index contributed by atoms with van der Waals surface area (Å²) in [4.78, 5) is 22.0. The molecule has 0 atom stereocenters. The van der Waals surface area contributed by atoms with E-state index < -0.39 is 0 Å². The fourth-order valence-corrected chi connectivity index (χ4v) is 3.57. The first-order chi connectivity index (χ1) is 12.7. The molecule has 3 aromatic heterocycles. The Morgan fingerprint density at radius 2 is 2.08 bits per heavy atom. The van der Waals surface area contributed by atoms with Crippen LogP contribution >= 0.6 is 11.3 Å². The Kier molecular flexibility index (Phi) is 4.33. The zero-order valence-corrected chi connectivity index (χ0v) is 14.8. The number of nitrogens with zero attached hydrogens (tertiary/aromatic N) is 3. The second-order valence-electron chi connectivity index (χ2n) is 5.61. The lowest BCUT2D eigenvalue weighted by atomic mass is 10.1. The minimum absolute atomic E-state index is 0.111. The summed E-state index contributed by atoms with van der Waals surface area (Å²) in [6.07, 6.45) is 7.19. The number of benzene rings is 1. The lowest BCUT2D eigenvalue weighted by Gasteiger charge is -2.04. The van der Waals surface area contributed by atoms with Crippen LogP contribution in [0.3, 0.4) is 0 Å². The first kappa shape index (κ1) is 16.2. The summed E-state index contributed by atoms with van der Waals surface area (Å²) in [5.74, 6) is 0.749. The van der Waals surface area contributed by atoms with Crippen LogP contribution in [0, 0.1) is 0 Å². The molecular formula is C20H15N3O2S. The highest BCUT2D eigenvalue weighted by atomic mass is 32.1. The first-order valence-corrected chi connectivity index (χ1v) is 8.86. The predicted octanol–water partition coefficient (Wildman–Crippen LogP) is 4.00. The summed E-state index contributed by atoms with van der Waals surface area (Å²) in [5.41, 5.74) is 3.19. The number of pyridine rings is 1. The van der Waals surface area contributed by atoms with Crippen molar-refractivity contribution in [3.8, 4) is 17.0 Å². The van der Waals surface area contributed by atoms with E-state index in [-0.39, 0.29) is 5.56 Å². The molecule has 0 radical (unpaired) electrons. The Bertz CT molecular complexity index is 1150. The van der Waals surface area contributed by atoms with Gasteiger partial charge in [-0.15, -0.1) is 11.3 Å². The maximum absolute atomic E-state index is 12.7. The third-order valence-electron chi connectivity index (χ3n) is 3.92. The van der Waals surface area contributed by atoms with E-state index in [0.717, 1.165) is 22.6 Å². The van der Waals surface area contributed by atoms with E-state index in [2.05, 4.69) is 9.97 Å². The van der Waals surface area contributed by atoms with Gasteiger partial charge in [-0.1, -0.05) is 24.3 Å². The number of aromatic nitrogens is 3. The Morgan fingerprint density at radius 1 is 1.15 bits per heavy atom. The highest BCUT2D eigenvalue weighted by molar-refractivity contribution is 7.15. The minimum Gasteiger partial charge on any atom is -0.497 e. The number of hydrogen-bond donors (Lipinski definition) is 0. The predicted molar refractivity (Wildman–Crippen MR) is 104 cm³/mol. The van der Waals surface area contributed by atoms with E-state index in [1.807, 2.05) is 53.9 Å². The molecule has 0 unspecified atom stereocenters. The van der Waals surface area contributed by atoms with Crippen LogP contribution in [0.4, 0.5) is 0 Å². The standard InChI is InChI=1S/C20H15N3O2S/c1-25-17-6-2-5-15(10-17)18-13-26-20-22-16(11-19(24)23(18)20)8-7-14-4-3-9-21-12-14/h2-13H,1H3/b8-7+. The lowest BCUT2D eigenvalue weighted by Crippen LogP contribution is -2.13. The van der Waals surface area contributed by atoms with Crippen LogP contribution in [0.5, 0.6) is 5.75 Å². The Morgan fingerprint density at radius 3 is 2.88 bits per heavy atom. The van der Waals surface area contributed by atoms with Crippen molar-refractivity contribution in [2.24, 2.45) is 0 Å². The summed E-state index contributed by atoms with van der Waals surface area (Å²) in [6, 6.07) is 13.0. The topological polar surface area (TPSA) is 56.5 Å². The van der Waals surface area contributed by atoms with E-state index in [4.69, 9.17) is 4.74 Å². The molecule has 26 heavy (non-hydrogen) atoms. The molecule has 0 saturated carbocycles. The SMILES string of the molecule is COc1cccc(-c2csc3nc(/C=C/c4cccnc4)cc(=O)n23)c1. The van der Waals surface area contributed by atoms with Gasteiger partial charge < -0.3 is 4.74 Å². The van der Waals surface area contributed by atoms with Crippen LogP contribution in [0.25, 0.3) is 28.4 Å². The summed E-state index contributed by atoms with van der Waals surface area (Å²) in [5, 5.41) is 1.94. The van der Waals surface area contributed by atoms with E-state index in [1.165, 1.54) is 17.4 Å². The van der Waals surface area contributed by atoms with Gasteiger partial charge in [0.15, 0.2) is 4.96 Å². The minimum atomic E-state index is -0.111. The monoisotopic (exact) mass is 361 g/mol. The quantitative estimate of drug-likeness (QED) is 0.551. The number of methoxy groups -OCH3 is 1. The molecular weight excluding hydrogens is 346 g/mol. The van der Waals surface area contributed by atoms with Crippen LogP contribution in [0.2, 0.25) is 0 Å². The molecule has 0 aliphatic carbocycles. The third-order valence-corrected chi connectivity index (χ3v) is 4.75. The molecule has 0 saturated heterocycles. The van der Waals surface area contributed by atoms with E-state index in [0.29, 0.717) is 10.7 Å². The van der Waals surface area contributed by atoms with Gasteiger partial charge in [0.25, 0.3) is 5.56 Å². The van der Waals surface area contributed by atoms with E-state index in [9.17, 15) is 4.79 Å². The van der Waals surface area contributed by atoms with Gasteiger partial charge in [0.2, 0.25) is 0 Å². The van der Waals surface area contributed by atoms with Crippen LogP contribution in [-0.4, -0.2) is 21.5 Å². The van der Waals surface area contributed by atoms with Gasteiger partial charge >= 0.3 is 0 Å². The number of fused-ring (bicyclic) bond motifs is 1. The van der Waals surface area contributed by atoms with Gasteiger partial charge in [-0.05, 0) is 29.8 Å². The smallest absolute Gasteiger partial charge is 0.259 e. The highest BCUT2D eigenvalue weighted by Gasteiger charge is 2.10. The van der Waals surface area contributed by atoms with Gasteiger partial charge in [-0.2, -0.15) is 0 Å². The summed E-state index contributed by atoms with van der Waals surface area (Å²) < 4.78 is 6.90. The van der Waals surface area contributed by atoms with Crippen molar-refractivity contribution < 1.29 is 4.74 Å². The number of ether oxygens (including phenoxy) is 1. The van der Waals surface area contributed by atoms with Crippen molar-refractivity contribution >= 4 is 28.4 Å². The maximum atomic E-state index is 12.7. The molecule has 0 fully saturated rings. The van der Waals surface area contributed by atoms with Gasteiger partial charge in [0, 0.05) is 29.4 Å². The van der Waals surface area contributed by atoms with Crippen LogP contribution in [-0.2, 0) is 0 Å². The molecule has 0 N–H and O–H groups in total. The Hall–Kier alpha value is -3.25. The lowest BCUT2D eigenvalue weighted by molar-refractivity contribution is 0.415. The molecule has 0 bridgehead atoms. The van der Waals surface area contributed by atoms with Crippen molar-refractivity contribution in [3.63, 3.8) is 0 Å². The summed E-state index contributed by atoms with van der Waals surface area (Å²) in [7, 11) is 1.62. The second-order valence-corrected chi connectivity index (χ2v) is 6.45. The van der Waals surface area contributed by atoms with Crippen molar-refractivity contribution in [1.29, 1.82) is 0 Å². The fraction of sp³-hybridized carbons (Fsp3) is 0.0500. The van der Waals surface area contributed by atoms with Crippen LogP contribution in [0.15, 0.2) is 65.0 Å². The summed E-state index contributed by atoms with van der Waals surface area (Å²) >= 11 is 1.44. The maximum Gasteiger partial charge on any atom is 0.259 e. The van der Waals surface area contributed by atoms with Crippen LogP contribution < -0.4 is 10.3 Å². The molecule has 5 nitrogen and oxygen atoms in total. The fourth-order valence-electron chi connectivity index (χ4n) is 2.66. The van der Waals surface area contributed by atoms with Crippen molar-refractivity contribution in [2.45, 2.75) is 0 Å². The zero-order valence-electron chi connectivity index (χ0n) is 14.0. The van der Waals surface area contributed by atoms with Crippen LogP contribution in [0.1, 0.15) is 11.3 Å². The molecule has 0 aliphatic heterocycles. The number of hydrogen-bond acceptors (Lipinski definition) is 5. The van der Waals surface area contributed by atoms with Gasteiger partial charge in [-0.3, -0.25) is 14.2 Å². The average Bonchev–Trinajstić information content (AvgIpc) is 3.12. The van der Waals surface area contributed by atoms with Crippen molar-refractivity contribution in [2.75, 3.05) is 7.11 Å². The number of rotatable bonds is 4. The van der Waals surface area contributed by atoms with Crippen molar-refractivity contribution in [3.05, 3.63) is 81.8 Å². The molecule has 1 aromatic carbocycles. The molecule has 3 heterocycles. The molecule has 6 heteroatoms. The third kappa shape index (κ3) is 3.14. The molecule has 0 aliphatic rings. The van der Waals surface area contributed by atoms with Gasteiger partial charge in [-0.25, -0.2) is 4.98 Å². The molecule has 4 aromatic rings. The summed E-state index contributed by atoms with van der Waals surface area (Å²) in [6.45, 7) is 0. The molecule has 0 amide bonds. The molecule has 4 rings (SSSR count). The Labute approximate surface area is 153 Å². The van der Waals surface area contributed by atoms with Gasteiger partial charge in [0.1, 0.15) is 5.75 Å².